The monoisotopic (exact) mass is 429 g/mol. The number of likely N-dealkylation sites (N-methyl/N-ethyl adjacent to an activating group) is 1. The number of nitrogens with zero attached hydrogens (tertiary/aromatic N) is 2. The number of hydrogen-bond donors (Lipinski definition) is 1. The maximum Gasteiger partial charge on any atom is 0.148 e. The molecule has 2 fully saturated rings. The zero-order chi connectivity index (χ0) is 20.7. The van der Waals surface area contributed by atoms with Crippen LogP contribution in [0.5, 0.6) is 0 Å². The van der Waals surface area contributed by atoms with E-state index < -0.39 is 0 Å². The van der Waals surface area contributed by atoms with Gasteiger partial charge in [0.25, 0.3) is 0 Å². The molecule has 3 heterocycles. The zero-order valence-corrected chi connectivity index (χ0v) is 18.1. The molecule has 0 bridgehead atoms. The molecular weight excluding hydrogens is 401 g/mol. The highest BCUT2D eigenvalue weighted by atomic mass is 35.5. The van der Waals surface area contributed by atoms with Crippen LogP contribution < -0.4 is 5.32 Å². The van der Waals surface area contributed by atoms with Gasteiger partial charge in [0.15, 0.2) is 0 Å². The topological polar surface area (TPSA) is 27.7 Å². The van der Waals surface area contributed by atoms with Crippen molar-refractivity contribution in [3.63, 3.8) is 0 Å². The van der Waals surface area contributed by atoms with Crippen molar-refractivity contribution in [2.45, 2.75) is 31.1 Å². The number of fused-ring (bicyclic) bond motifs is 3. The van der Waals surface area contributed by atoms with Crippen LogP contribution in [0.2, 0.25) is 5.02 Å². The fourth-order valence-corrected chi connectivity index (χ4v) is 5.44. The molecule has 160 valence electrons. The minimum absolute atomic E-state index is 0.0314. The van der Waals surface area contributed by atoms with Crippen LogP contribution in [0.3, 0.4) is 0 Å². The van der Waals surface area contributed by atoms with Crippen LogP contribution in [-0.2, 0) is 4.74 Å². The lowest BCUT2D eigenvalue weighted by molar-refractivity contribution is -0.105. The van der Waals surface area contributed by atoms with Gasteiger partial charge in [-0.15, -0.1) is 0 Å². The molecule has 3 aliphatic rings. The van der Waals surface area contributed by atoms with Gasteiger partial charge in [-0.1, -0.05) is 41.9 Å². The number of rotatable bonds is 3. The molecule has 0 aromatic heterocycles. The molecule has 0 amide bonds. The van der Waals surface area contributed by atoms with Crippen molar-refractivity contribution in [3.8, 4) is 0 Å². The second-order valence-corrected chi connectivity index (χ2v) is 9.34. The first-order chi connectivity index (χ1) is 14.6. The first-order valence-corrected chi connectivity index (χ1v) is 11.3. The number of nitrogens with one attached hydrogen (secondary N) is 1. The highest BCUT2D eigenvalue weighted by Crippen LogP contribution is 2.51. The van der Waals surface area contributed by atoms with Gasteiger partial charge in [-0.2, -0.15) is 0 Å². The van der Waals surface area contributed by atoms with Crippen LogP contribution in [0.1, 0.15) is 36.1 Å². The third-order valence-electron chi connectivity index (χ3n) is 6.89. The maximum absolute atomic E-state index is 14.9. The van der Waals surface area contributed by atoms with E-state index in [0.717, 1.165) is 51.1 Å². The lowest BCUT2D eigenvalue weighted by Crippen LogP contribution is -2.49. The van der Waals surface area contributed by atoms with Gasteiger partial charge in [0, 0.05) is 49.2 Å². The van der Waals surface area contributed by atoms with E-state index in [2.05, 4.69) is 34.3 Å². The Kier molecular flexibility index (Phi) is 5.71. The third-order valence-corrected chi connectivity index (χ3v) is 7.10. The smallest absolute Gasteiger partial charge is 0.148 e. The minimum atomic E-state index is -0.304. The van der Waals surface area contributed by atoms with E-state index in [0.29, 0.717) is 10.7 Å². The molecule has 0 saturated carbocycles. The number of ether oxygens (including phenoxy) is 1. The highest BCUT2D eigenvalue weighted by Gasteiger charge is 2.43. The summed E-state index contributed by atoms with van der Waals surface area (Å²) in [5, 5.41) is 3.91. The first-order valence-electron chi connectivity index (χ1n) is 11.0. The second kappa shape index (κ2) is 8.46. The molecule has 5 rings (SSSR count). The van der Waals surface area contributed by atoms with Crippen molar-refractivity contribution in [1.82, 2.24) is 9.80 Å². The van der Waals surface area contributed by atoms with Crippen molar-refractivity contribution in [3.05, 3.63) is 64.4 Å². The fourth-order valence-electron chi connectivity index (χ4n) is 5.23. The van der Waals surface area contributed by atoms with Crippen molar-refractivity contribution in [1.29, 1.82) is 0 Å². The molecule has 0 unspecified atom stereocenters. The summed E-state index contributed by atoms with van der Waals surface area (Å²) in [6, 6.07) is 13.6. The molecule has 0 spiro atoms. The van der Waals surface area contributed by atoms with E-state index >= 15 is 0 Å². The van der Waals surface area contributed by atoms with Gasteiger partial charge in [0.05, 0.1) is 23.9 Å². The van der Waals surface area contributed by atoms with Crippen molar-refractivity contribution in [2.24, 2.45) is 5.92 Å². The summed E-state index contributed by atoms with van der Waals surface area (Å²) in [5.41, 5.74) is 2.57. The normalized spacial score (nSPS) is 29.7. The van der Waals surface area contributed by atoms with E-state index in [1.165, 1.54) is 11.6 Å². The Hall–Kier alpha value is -1.66. The Morgan fingerprint density at radius 3 is 2.63 bits per heavy atom. The molecule has 2 aromatic rings. The van der Waals surface area contributed by atoms with E-state index in [1.54, 1.807) is 0 Å². The molecule has 0 radical (unpaired) electrons. The first kappa shape index (κ1) is 20.3. The van der Waals surface area contributed by atoms with Gasteiger partial charge in [-0.3, -0.25) is 4.90 Å². The summed E-state index contributed by atoms with van der Waals surface area (Å²) >= 11 is 6.24. The van der Waals surface area contributed by atoms with Crippen LogP contribution in [0, 0.1) is 11.7 Å². The van der Waals surface area contributed by atoms with Gasteiger partial charge in [0.2, 0.25) is 0 Å². The Balaban J connectivity index is 1.42. The number of hydrogen-bond acceptors (Lipinski definition) is 4. The summed E-state index contributed by atoms with van der Waals surface area (Å²) in [4.78, 5) is 4.87. The number of piperazine rings is 1. The third kappa shape index (κ3) is 3.96. The molecule has 1 N–H and O–H groups in total. The SMILES string of the molecule is CN1CCN(C[C@H]2CC[C@@H]3[C@H](O2)c2cc(Cl)cc(F)c2N[C@H]3c2ccccc2)CC1. The standard InChI is InChI=1S/C24H29ClFN3O/c1-28-9-11-29(12-10-28)15-18-7-8-19-22(16-5-3-2-4-6-16)27-23-20(24(19)30-18)13-17(25)14-21(23)26/h2-6,13-14,18-19,22,24,27H,7-12,15H2,1H3/t18-,19+,22+,24+/m1/s1. The highest BCUT2D eigenvalue weighted by molar-refractivity contribution is 6.30. The Labute approximate surface area is 183 Å². The quantitative estimate of drug-likeness (QED) is 0.763. The molecule has 0 aliphatic carbocycles. The molecule has 2 aromatic carbocycles. The second-order valence-electron chi connectivity index (χ2n) is 8.91. The predicted molar refractivity (Wildman–Crippen MR) is 118 cm³/mol. The van der Waals surface area contributed by atoms with Crippen molar-refractivity contribution in [2.75, 3.05) is 45.1 Å². The van der Waals surface area contributed by atoms with Gasteiger partial charge in [-0.25, -0.2) is 4.39 Å². The van der Waals surface area contributed by atoms with E-state index in [4.69, 9.17) is 16.3 Å². The van der Waals surface area contributed by atoms with Crippen LogP contribution >= 0.6 is 11.6 Å². The van der Waals surface area contributed by atoms with Crippen molar-refractivity contribution >= 4 is 17.3 Å². The molecule has 30 heavy (non-hydrogen) atoms. The number of anilines is 1. The van der Waals surface area contributed by atoms with Crippen molar-refractivity contribution < 1.29 is 9.13 Å². The molecule has 4 atom stereocenters. The zero-order valence-electron chi connectivity index (χ0n) is 17.4. The van der Waals surface area contributed by atoms with Gasteiger partial charge >= 0.3 is 0 Å². The Morgan fingerprint density at radius 1 is 1.10 bits per heavy atom. The summed E-state index contributed by atoms with van der Waals surface area (Å²) in [7, 11) is 2.17. The maximum atomic E-state index is 14.9. The molecule has 6 heteroatoms. The van der Waals surface area contributed by atoms with Crippen LogP contribution in [0.15, 0.2) is 42.5 Å². The van der Waals surface area contributed by atoms with E-state index in [1.807, 2.05) is 24.3 Å². The number of halogens is 2. The van der Waals surface area contributed by atoms with E-state index in [9.17, 15) is 4.39 Å². The van der Waals surface area contributed by atoms with Gasteiger partial charge in [0.1, 0.15) is 5.82 Å². The molecule has 2 saturated heterocycles. The number of benzene rings is 2. The van der Waals surface area contributed by atoms with Gasteiger partial charge < -0.3 is 15.0 Å². The van der Waals surface area contributed by atoms with Gasteiger partial charge in [-0.05, 0) is 37.6 Å². The summed E-state index contributed by atoms with van der Waals surface area (Å²) < 4.78 is 21.6. The molecule has 3 aliphatic heterocycles. The van der Waals surface area contributed by atoms with Crippen LogP contribution in [0.25, 0.3) is 0 Å². The Morgan fingerprint density at radius 2 is 1.87 bits per heavy atom. The summed E-state index contributed by atoms with van der Waals surface area (Å²) in [6.07, 6.45) is 2.09. The fraction of sp³-hybridized carbons (Fsp3) is 0.500. The van der Waals surface area contributed by atoms with E-state index in [-0.39, 0.29) is 30.0 Å². The average Bonchev–Trinajstić information content (AvgIpc) is 2.75. The van der Waals surface area contributed by atoms with Crippen LogP contribution in [0.4, 0.5) is 10.1 Å². The lowest BCUT2D eigenvalue weighted by Gasteiger charge is -2.46. The average molecular weight is 430 g/mol. The molecular formula is C24H29ClFN3O. The Bertz CT molecular complexity index is 888. The molecule has 4 nitrogen and oxygen atoms in total. The predicted octanol–water partition coefficient (Wildman–Crippen LogP) is 4.73. The minimum Gasteiger partial charge on any atom is -0.375 e. The lowest BCUT2D eigenvalue weighted by atomic mass is 9.76. The van der Waals surface area contributed by atoms with Crippen LogP contribution in [-0.4, -0.2) is 55.7 Å². The summed E-state index contributed by atoms with van der Waals surface area (Å²) in [6.45, 7) is 5.30. The summed E-state index contributed by atoms with van der Waals surface area (Å²) in [5.74, 6) is -0.0526. The largest absolute Gasteiger partial charge is 0.375 e.